The number of anilines is 2. The Balaban J connectivity index is 1.94. The van der Waals surface area contributed by atoms with Gasteiger partial charge < -0.3 is 10.6 Å². The summed E-state index contributed by atoms with van der Waals surface area (Å²) in [5.41, 5.74) is -10.3. The second kappa shape index (κ2) is 11.1. The Labute approximate surface area is 239 Å². The molecule has 0 aromatic heterocycles. The van der Waals surface area contributed by atoms with Crippen LogP contribution in [0.25, 0.3) is 0 Å². The smallest absolute Gasteiger partial charge is 0.320 e. The van der Waals surface area contributed by atoms with E-state index in [4.69, 9.17) is 0 Å². The van der Waals surface area contributed by atoms with Crippen LogP contribution in [0.15, 0.2) is 48.5 Å². The van der Waals surface area contributed by atoms with E-state index in [1.54, 1.807) is 0 Å². The zero-order chi connectivity index (χ0) is 29.5. The molecule has 2 N–H and O–H groups in total. The van der Waals surface area contributed by atoms with Crippen molar-refractivity contribution in [1.82, 2.24) is 0 Å². The maximum atomic E-state index is 15.0. The summed E-state index contributed by atoms with van der Waals surface area (Å²) in [7, 11) is 0. The molecule has 0 radical (unpaired) electrons. The summed E-state index contributed by atoms with van der Waals surface area (Å²) in [5.74, 6) is -6.52. The van der Waals surface area contributed by atoms with E-state index >= 15 is 4.39 Å². The van der Waals surface area contributed by atoms with E-state index in [9.17, 15) is 49.1 Å². The summed E-state index contributed by atoms with van der Waals surface area (Å²) in [6, 6.07) is 5.96. The Morgan fingerprint density at radius 2 is 1.18 bits per heavy atom. The first kappa shape index (κ1) is 30.9. The van der Waals surface area contributed by atoms with Crippen LogP contribution in [0.1, 0.15) is 26.3 Å². The highest BCUT2D eigenvalue weighted by molar-refractivity contribution is 14.1. The molecular formula is C23H10F10I2N2O2. The summed E-state index contributed by atoms with van der Waals surface area (Å²) in [6.45, 7) is 0. The summed E-state index contributed by atoms with van der Waals surface area (Å²) >= 11 is 2.52. The first-order valence-corrected chi connectivity index (χ1v) is 12.2. The highest BCUT2D eigenvalue weighted by atomic mass is 127. The number of amides is 2. The fourth-order valence-corrected chi connectivity index (χ4v) is 5.30. The molecule has 3 aromatic carbocycles. The normalized spacial score (nSPS) is 12.3. The lowest BCUT2D eigenvalue weighted by atomic mass is 9.94. The van der Waals surface area contributed by atoms with Crippen LogP contribution in [-0.4, -0.2) is 24.2 Å². The van der Waals surface area contributed by atoms with Crippen molar-refractivity contribution in [3.63, 3.8) is 0 Å². The van der Waals surface area contributed by atoms with E-state index in [2.05, 4.69) is 5.32 Å². The minimum atomic E-state index is -6.36. The average molecular weight is 790 g/mol. The van der Waals surface area contributed by atoms with Crippen molar-refractivity contribution in [2.45, 2.75) is 18.0 Å². The third-order valence-corrected chi connectivity index (χ3v) is 6.84. The van der Waals surface area contributed by atoms with Gasteiger partial charge in [-0.15, -0.1) is 0 Å². The molecule has 208 valence electrons. The fraction of sp³-hybridized carbons (Fsp3) is 0.130. The van der Waals surface area contributed by atoms with Crippen LogP contribution in [0.4, 0.5) is 55.3 Å². The van der Waals surface area contributed by atoms with Gasteiger partial charge in [-0.1, -0.05) is 12.1 Å². The minimum Gasteiger partial charge on any atom is -0.320 e. The van der Waals surface area contributed by atoms with Crippen LogP contribution in [0, 0.1) is 24.6 Å². The first-order valence-electron chi connectivity index (χ1n) is 10.1. The molecule has 0 aliphatic carbocycles. The van der Waals surface area contributed by atoms with Gasteiger partial charge in [0.2, 0.25) is 0 Å². The predicted octanol–water partition coefficient (Wildman–Crippen LogP) is 8.11. The topological polar surface area (TPSA) is 58.2 Å². The van der Waals surface area contributed by atoms with Gasteiger partial charge in [0.15, 0.2) is 5.82 Å². The zero-order valence-corrected chi connectivity index (χ0v) is 22.8. The Hall–Kier alpha value is -2.64. The van der Waals surface area contributed by atoms with E-state index in [1.165, 1.54) is 45.2 Å². The first-order chi connectivity index (χ1) is 17.9. The number of hydrogen-bond acceptors (Lipinski definition) is 2. The van der Waals surface area contributed by atoms with Crippen molar-refractivity contribution < 1.29 is 53.5 Å². The molecule has 0 fully saturated rings. The van der Waals surface area contributed by atoms with Gasteiger partial charge in [0.05, 0.1) is 16.9 Å². The van der Waals surface area contributed by atoms with E-state index in [0.29, 0.717) is 0 Å². The van der Waals surface area contributed by atoms with E-state index < -0.39 is 76.8 Å². The Bertz CT molecular complexity index is 1400. The quantitative estimate of drug-likeness (QED) is 0.203. The summed E-state index contributed by atoms with van der Waals surface area (Å²) in [4.78, 5) is 25.0. The third-order valence-electron chi connectivity index (χ3n) is 5.14. The van der Waals surface area contributed by atoms with Crippen LogP contribution in [0.5, 0.6) is 0 Å². The molecule has 0 saturated heterocycles. The maximum absolute atomic E-state index is 15.0. The lowest BCUT2D eigenvalue weighted by Crippen LogP contribution is -2.50. The number of halogens is 12. The number of alkyl halides is 7. The number of carbonyl (C=O) groups is 2. The van der Waals surface area contributed by atoms with Crippen LogP contribution in [0.3, 0.4) is 0 Å². The number of nitrogens with one attached hydrogen (secondary N) is 2. The van der Waals surface area contributed by atoms with Gasteiger partial charge in [0.1, 0.15) is 17.2 Å². The highest BCUT2D eigenvalue weighted by Gasteiger charge is 2.73. The molecule has 0 heterocycles. The van der Waals surface area contributed by atoms with E-state index in [-0.39, 0.29) is 17.8 Å². The number of hydrogen-bond donors (Lipinski definition) is 2. The van der Waals surface area contributed by atoms with Crippen molar-refractivity contribution in [2.75, 3.05) is 10.6 Å². The van der Waals surface area contributed by atoms with Crippen molar-refractivity contribution in [1.29, 1.82) is 0 Å². The second-order valence-corrected chi connectivity index (χ2v) is 9.97. The molecule has 4 nitrogen and oxygen atoms in total. The van der Waals surface area contributed by atoms with Crippen LogP contribution in [0.2, 0.25) is 0 Å². The van der Waals surface area contributed by atoms with Crippen molar-refractivity contribution >= 4 is 68.4 Å². The van der Waals surface area contributed by atoms with Crippen molar-refractivity contribution in [3.05, 3.63) is 89.8 Å². The van der Waals surface area contributed by atoms with E-state index in [1.807, 2.05) is 5.32 Å². The predicted molar refractivity (Wildman–Crippen MR) is 135 cm³/mol. The summed E-state index contributed by atoms with van der Waals surface area (Å²) < 4.78 is 135. The Kier molecular flexibility index (Phi) is 8.78. The monoisotopic (exact) mass is 790 g/mol. The third kappa shape index (κ3) is 5.94. The van der Waals surface area contributed by atoms with Crippen molar-refractivity contribution in [2.24, 2.45) is 0 Å². The van der Waals surface area contributed by atoms with Gasteiger partial charge in [0, 0.05) is 12.7 Å². The molecule has 0 atom stereocenters. The minimum absolute atomic E-state index is 0.231. The van der Waals surface area contributed by atoms with Gasteiger partial charge >= 0.3 is 18.0 Å². The van der Waals surface area contributed by atoms with Gasteiger partial charge in [-0.05, 0) is 81.6 Å². The standard InChI is InChI=1S/C23H10F10I2N2O2/c24-11-4-2-5-12(25)16(11)20(39)36-15-6-1-3-10(17(15)26)19(38)37-18-13(34)7-9(8-14(18)35)21(27,22(28,29)30)23(31,32)33/h1-8H,(H,36,39)(H,37,38). The lowest BCUT2D eigenvalue weighted by molar-refractivity contribution is -0.348. The second-order valence-electron chi connectivity index (χ2n) is 7.64. The van der Waals surface area contributed by atoms with Gasteiger partial charge in [-0.25, -0.2) is 17.6 Å². The van der Waals surface area contributed by atoms with Crippen LogP contribution < -0.4 is 10.6 Å². The number of carbonyl (C=O) groups excluding carboxylic acids is 2. The molecule has 2 amide bonds. The van der Waals surface area contributed by atoms with Gasteiger partial charge in [-0.2, -0.15) is 26.3 Å². The number of rotatable bonds is 5. The zero-order valence-electron chi connectivity index (χ0n) is 18.5. The molecule has 0 spiro atoms. The van der Waals surface area contributed by atoms with Crippen LogP contribution >= 0.6 is 45.2 Å². The van der Waals surface area contributed by atoms with E-state index in [0.717, 1.165) is 36.4 Å². The molecule has 0 aliphatic heterocycles. The fourth-order valence-electron chi connectivity index (χ4n) is 3.26. The highest BCUT2D eigenvalue weighted by Crippen LogP contribution is 2.54. The average Bonchev–Trinajstić information content (AvgIpc) is 2.80. The SMILES string of the molecule is O=C(Nc1c(I)cc(C(F)(C(F)(F)F)C(F)(F)F)cc1I)c1cccc(NC(=O)c2c(F)cccc2F)c1F. The van der Waals surface area contributed by atoms with Gasteiger partial charge in [0.25, 0.3) is 11.8 Å². The Morgan fingerprint density at radius 3 is 1.67 bits per heavy atom. The molecule has 16 heteroatoms. The molecular weight excluding hydrogens is 780 g/mol. The van der Waals surface area contributed by atoms with Crippen LogP contribution in [-0.2, 0) is 5.67 Å². The summed E-state index contributed by atoms with van der Waals surface area (Å²) in [6.07, 6.45) is -12.7. The van der Waals surface area contributed by atoms with Gasteiger partial charge in [-0.3, -0.25) is 9.59 Å². The molecule has 0 saturated carbocycles. The van der Waals surface area contributed by atoms with Crippen molar-refractivity contribution in [3.8, 4) is 0 Å². The molecule has 0 aliphatic rings. The lowest BCUT2D eigenvalue weighted by Gasteiger charge is -2.31. The number of benzene rings is 3. The molecule has 0 bridgehead atoms. The molecule has 3 aromatic rings. The maximum Gasteiger partial charge on any atom is 0.435 e. The molecule has 39 heavy (non-hydrogen) atoms. The molecule has 3 rings (SSSR count). The summed E-state index contributed by atoms with van der Waals surface area (Å²) in [5, 5.41) is 4.02. The largest absolute Gasteiger partial charge is 0.435 e. The Morgan fingerprint density at radius 1 is 0.692 bits per heavy atom. The molecule has 0 unspecified atom stereocenters.